The second kappa shape index (κ2) is 5.71. The van der Waals surface area contributed by atoms with E-state index in [1.54, 1.807) is 0 Å². The standard InChI is InChI=1S/C18H19BrO/c1-12-4-2-7-16(17(12)19)18(20)15-10-8-14(9-11-15)13-5-3-6-13/h2,4,7-11,13,18,20H,3,5-6H2,1H3. The number of rotatable bonds is 3. The third-order valence-electron chi connectivity index (χ3n) is 4.35. The van der Waals surface area contributed by atoms with E-state index in [1.807, 2.05) is 25.1 Å². The van der Waals surface area contributed by atoms with Gasteiger partial charge in [-0.05, 0) is 47.9 Å². The Bertz CT molecular complexity index is 599. The average molecular weight is 331 g/mol. The molecule has 2 aromatic carbocycles. The molecule has 0 amide bonds. The maximum atomic E-state index is 10.6. The predicted octanol–water partition coefficient (Wildman–Crippen LogP) is 5.11. The molecule has 0 heterocycles. The molecule has 1 fully saturated rings. The van der Waals surface area contributed by atoms with Gasteiger partial charge in [-0.3, -0.25) is 0 Å². The van der Waals surface area contributed by atoms with Crippen molar-refractivity contribution in [1.82, 2.24) is 0 Å². The van der Waals surface area contributed by atoms with Crippen LogP contribution in [0.5, 0.6) is 0 Å². The molecule has 1 atom stereocenters. The van der Waals surface area contributed by atoms with Gasteiger partial charge in [-0.2, -0.15) is 0 Å². The third kappa shape index (κ3) is 2.55. The quantitative estimate of drug-likeness (QED) is 0.829. The molecule has 0 bridgehead atoms. The first-order valence-corrected chi connectivity index (χ1v) is 7.99. The first-order valence-electron chi connectivity index (χ1n) is 7.20. The Kier molecular flexibility index (Phi) is 3.95. The van der Waals surface area contributed by atoms with E-state index in [1.165, 1.54) is 24.8 Å². The van der Waals surface area contributed by atoms with E-state index in [9.17, 15) is 5.11 Å². The fourth-order valence-corrected chi connectivity index (χ4v) is 3.23. The fraction of sp³-hybridized carbons (Fsp3) is 0.333. The lowest BCUT2D eigenvalue weighted by Gasteiger charge is -2.26. The van der Waals surface area contributed by atoms with Gasteiger partial charge in [0, 0.05) is 4.47 Å². The van der Waals surface area contributed by atoms with Gasteiger partial charge < -0.3 is 5.11 Å². The predicted molar refractivity (Wildman–Crippen MR) is 86.0 cm³/mol. The second-order valence-corrected chi connectivity index (χ2v) is 6.47. The Morgan fingerprint density at radius 1 is 1.10 bits per heavy atom. The molecule has 1 saturated carbocycles. The van der Waals surface area contributed by atoms with Gasteiger partial charge in [-0.15, -0.1) is 0 Å². The van der Waals surface area contributed by atoms with Crippen LogP contribution in [0.15, 0.2) is 46.9 Å². The molecule has 0 spiro atoms. The lowest BCUT2D eigenvalue weighted by atomic mass is 9.80. The number of halogens is 1. The van der Waals surface area contributed by atoms with E-state index in [0.29, 0.717) is 0 Å². The molecule has 0 aromatic heterocycles. The molecule has 1 aliphatic carbocycles. The summed E-state index contributed by atoms with van der Waals surface area (Å²) in [5, 5.41) is 10.6. The molecule has 3 rings (SSSR count). The minimum absolute atomic E-state index is 0.570. The molecule has 1 aliphatic rings. The van der Waals surface area contributed by atoms with Gasteiger partial charge in [0.2, 0.25) is 0 Å². The summed E-state index contributed by atoms with van der Waals surface area (Å²) in [6.07, 6.45) is 3.40. The summed E-state index contributed by atoms with van der Waals surface area (Å²) in [5.41, 5.74) is 4.45. The highest BCUT2D eigenvalue weighted by Crippen LogP contribution is 2.37. The molecular formula is C18H19BrO. The summed E-state index contributed by atoms with van der Waals surface area (Å²) in [4.78, 5) is 0. The molecule has 0 radical (unpaired) electrons. The Morgan fingerprint density at radius 3 is 2.40 bits per heavy atom. The maximum absolute atomic E-state index is 10.6. The molecule has 2 aromatic rings. The SMILES string of the molecule is Cc1cccc(C(O)c2ccc(C3CCC3)cc2)c1Br. The van der Waals surface area contributed by atoms with E-state index in [2.05, 4.69) is 40.2 Å². The van der Waals surface area contributed by atoms with Crippen LogP contribution in [0.3, 0.4) is 0 Å². The number of hydrogen-bond donors (Lipinski definition) is 1. The van der Waals surface area contributed by atoms with Crippen molar-refractivity contribution in [2.45, 2.75) is 38.2 Å². The first kappa shape index (κ1) is 13.8. The van der Waals surface area contributed by atoms with E-state index >= 15 is 0 Å². The van der Waals surface area contributed by atoms with Crippen molar-refractivity contribution in [2.24, 2.45) is 0 Å². The van der Waals surface area contributed by atoms with Crippen molar-refractivity contribution in [3.05, 3.63) is 69.2 Å². The summed E-state index contributed by atoms with van der Waals surface area (Å²) in [6.45, 7) is 2.04. The summed E-state index contributed by atoms with van der Waals surface area (Å²) in [7, 11) is 0. The van der Waals surface area contributed by atoms with Crippen LogP contribution in [0.4, 0.5) is 0 Å². The van der Waals surface area contributed by atoms with E-state index in [0.717, 1.165) is 27.1 Å². The van der Waals surface area contributed by atoms with E-state index in [-0.39, 0.29) is 0 Å². The van der Waals surface area contributed by atoms with Crippen molar-refractivity contribution in [1.29, 1.82) is 0 Å². The van der Waals surface area contributed by atoms with E-state index in [4.69, 9.17) is 0 Å². The van der Waals surface area contributed by atoms with Gasteiger partial charge in [-0.1, -0.05) is 64.8 Å². The van der Waals surface area contributed by atoms with Crippen molar-refractivity contribution in [2.75, 3.05) is 0 Å². The zero-order valence-electron chi connectivity index (χ0n) is 11.6. The minimum Gasteiger partial charge on any atom is -0.384 e. The molecular weight excluding hydrogens is 312 g/mol. The largest absolute Gasteiger partial charge is 0.384 e. The molecule has 2 heteroatoms. The molecule has 1 N–H and O–H groups in total. The Morgan fingerprint density at radius 2 is 1.80 bits per heavy atom. The van der Waals surface area contributed by atoms with Gasteiger partial charge in [-0.25, -0.2) is 0 Å². The zero-order chi connectivity index (χ0) is 14.1. The summed E-state index contributed by atoms with van der Waals surface area (Å²) in [6, 6.07) is 14.5. The zero-order valence-corrected chi connectivity index (χ0v) is 13.2. The van der Waals surface area contributed by atoms with Crippen LogP contribution in [0.2, 0.25) is 0 Å². The maximum Gasteiger partial charge on any atom is 0.105 e. The van der Waals surface area contributed by atoms with Crippen molar-refractivity contribution in [3.8, 4) is 0 Å². The highest BCUT2D eigenvalue weighted by Gasteiger charge is 2.20. The Labute approximate surface area is 128 Å². The van der Waals surface area contributed by atoms with Gasteiger partial charge in [0.15, 0.2) is 0 Å². The van der Waals surface area contributed by atoms with Crippen LogP contribution in [0, 0.1) is 6.92 Å². The highest BCUT2D eigenvalue weighted by atomic mass is 79.9. The molecule has 1 nitrogen and oxygen atoms in total. The van der Waals surface area contributed by atoms with Crippen molar-refractivity contribution in [3.63, 3.8) is 0 Å². The molecule has 1 unspecified atom stereocenters. The van der Waals surface area contributed by atoms with Crippen LogP contribution < -0.4 is 0 Å². The monoisotopic (exact) mass is 330 g/mol. The van der Waals surface area contributed by atoms with Gasteiger partial charge in [0.05, 0.1) is 0 Å². The highest BCUT2D eigenvalue weighted by molar-refractivity contribution is 9.10. The second-order valence-electron chi connectivity index (χ2n) is 5.68. The van der Waals surface area contributed by atoms with Crippen molar-refractivity contribution >= 4 is 15.9 Å². The van der Waals surface area contributed by atoms with Gasteiger partial charge >= 0.3 is 0 Å². The lowest BCUT2D eigenvalue weighted by molar-refractivity contribution is 0.219. The topological polar surface area (TPSA) is 20.2 Å². The van der Waals surface area contributed by atoms with E-state index < -0.39 is 6.10 Å². The van der Waals surface area contributed by atoms with Crippen LogP contribution in [0.1, 0.15) is 53.5 Å². The third-order valence-corrected chi connectivity index (χ3v) is 5.43. The van der Waals surface area contributed by atoms with Crippen LogP contribution >= 0.6 is 15.9 Å². The summed E-state index contributed by atoms with van der Waals surface area (Å²) in [5.74, 6) is 0.742. The number of benzene rings is 2. The fourth-order valence-electron chi connectivity index (χ4n) is 2.75. The Hall–Kier alpha value is -1.12. The summed E-state index contributed by atoms with van der Waals surface area (Å²) < 4.78 is 0.996. The number of hydrogen-bond acceptors (Lipinski definition) is 1. The average Bonchev–Trinajstić information content (AvgIpc) is 2.40. The number of aliphatic hydroxyl groups is 1. The number of aliphatic hydroxyl groups excluding tert-OH is 1. The van der Waals surface area contributed by atoms with Crippen LogP contribution in [0.25, 0.3) is 0 Å². The van der Waals surface area contributed by atoms with Crippen LogP contribution in [-0.2, 0) is 0 Å². The molecule has 20 heavy (non-hydrogen) atoms. The smallest absolute Gasteiger partial charge is 0.105 e. The molecule has 0 saturated heterocycles. The Balaban J connectivity index is 1.86. The first-order chi connectivity index (χ1) is 9.66. The van der Waals surface area contributed by atoms with Gasteiger partial charge in [0.1, 0.15) is 6.10 Å². The molecule has 0 aliphatic heterocycles. The summed E-state index contributed by atoms with van der Waals surface area (Å²) >= 11 is 3.58. The normalized spacial score (nSPS) is 16.8. The molecule has 104 valence electrons. The van der Waals surface area contributed by atoms with Crippen molar-refractivity contribution < 1.29 is 5.11 Å². The number of aryl methyl sites for hydroxylation is 1. The van der Waals surface area contributed by atoms with Gasteiger partial charge in [0.25, 0.3) is 0 Å². The van der Waals surface area contributed by atoms with Crippen LogP contribution in [-0.4, -0.2) is 5.11 Å². The minimum atomic E-state index is -0.570. The lowest BCUT2D eigenvalue weighted by Crippen LogP contribution is -2.09.